The van der Waals surface area contributed by atoms with Crippen LogP contribution < -0.4 is 5.32 Å². The van der Waals surface area contributed by atoms with Crippen LogP contribution in [0.4, 0.5) is 5.69 Å². The predicted octanol–water partition coefficient (Wildman–Crippen LogP) is 6.28. The van der Waals surface area contributed by atoms with E-state index in [9.17, 15) is 4.79 Å². The number of nitrogens with one attached hydrogen (secondary N) is 1. The van der Waals surface area contributed by atoms with Gasteiger partial charge in [0, 0.05) is 11.3 Å². The molecular weight excluding hydrogens is 451 g/mol. The molecular formula is C23H18Cl2N4OS. The van der Waals surface area contributed by atoms with Crippen molar-refractivity contribution in [2.75, 3.05) is 11.1 Å². The van der Waals surface area contributed by atoms with E-state index in [2.05, 4.69) is 21.6 Å². The zero-order valence-corrected chi connectivity index (χ0v) is 18.9. The largest absolute Gasteiger partial charge is 0.324 e. The quantitative estimate of drug-likeness (QED) is 0.338. The standard InChI is InChI=1S/C23H18Cl2N4OS/c1-15-7-5-8-16(13-15)22-27-28-23(29(22)17-9-3-2-4-10-17)31-14-20(30)26-19-12-6-11-18(24)21(19)25/h2-13H,14H2,1H3,(H,26,30). The summed E-state index contributed by atoms with van der Waals surface area (Å²) in [6.07, 6.45) is 0. The molecule has 0 saturated carbocycles. The summed E-state index contributed by atoms with van der Waals surface area (Å²) in [4.78, 5) is 12.5. The summed E-state index contributed by atoms with van der Waals surface area (Å²) < 4.78 is 1.96. The van der Waals surface area contributed by atoms with E-state index in [1.807, 2.05) is 60.0 Å². The summed E-state index contributed by atoms with van der Waals surface area (Å²) in [6.45, 7) is 2.04. The third-order valence-corrected chi connectivity index (χ3v) is 6.23. The average Bonchev–Trinajstić information content (AvgIpc) is 3.20. The van der Waals surface area contributed by atoms with Gasteiger partial charge in [-0.25, -0.2) is 0 Å². The molecule has 4 rings (SSSR count). The molecule has 0 fully saturated rings. The number of carbonyl (C=O) groups excluding carboxylic acids is 1. The van der Waals surface area contributed by atoms with Crippen molar-refractivity contribution in [3.8, 4) is 17.1 Å². The lowest BCUT2D eigenvalue weighted by Crippen LogP contribution is -2.15. The second-order valence-electron chi connectivity index (χ2n) is 6.78. The van der Waals surface area contributed by atoms with Gasteiger partial charge in [0.15, 0.2) is 11.0 Å². The fourth-order valence-corrected chi connectivity index (χ4v) is 4.16. The zero-order valence-electron chi connectivity index (χ0n) is 16.5. The fourth-order valence-electron chi connectivity index (χ4n) is 3.06. The number of anilines is 1. The number of carbonyl (C=O) groups is 1. The van der Waals surface area contributed by atoms with Gasteiger partial charge >= 0.3 is 0 Å². The molecule has 5 nitrogen and oxygen atoms in total. The molecule has 0 unspecified atom stereocenters. The summed E-state index contributed by atoms with van der Waals surface area (Å²) in [5.74, 6) is 0.645. The number of hydrogen-bond donors (Lipinski definition) is 1. The van der Waals surface area contributed by atoms with Crippen molar-refractivity contribution in [1.82, 2.24) is 14.8 Å². The normalized spacial score (nSPS) is 10.8. The van der Waals surface area contributed by atoms with Crippen LogP contribution in [0.25, 0.3) is 17.1 Å². The van der Waals surface area contributed by atoms with Crippen LogP contribution in [0.1, 0.15) is 5.56 Å². The van der Waals surface area contributed by atoms with Crippen LogP contribution in [0.3, 0.4) is 0 Å². The summed E-state index contributed by atoms with van der Waals surface area (Å²) in [5, 5.41) is 12.9. The van der Waals surface area contributed by atoms with E-state index in [4.69, 9.17) is 23.2 Å². The highest BCUT2D eigenvalue weighted by Gasteiger charge is 2.18. The maximum Gasteiger partial charge on any atom is 0.234 e. The van der Waals surface area contributed by atoms with Crippen LogP contribution in [0.2, 0.25) is 10.0 Å². The first-order chi connectivity index (χ1) is 15.0. The Morgan fingerprint density at radius 1 is 1.00 bits per heavy atom. The van der Waals surface area contributed by atoms with E-state index in [0.29, 0.717) is 20.9 Å². The first-order valence-corrected chi connectivity index (χ1v) is 11.2. The van der Waals surface area contributed by atoms with Gasteiger partial charge in [0.2, 0.25) is 5.91 Å². The lowest BCUT2D eigenvalue weighted by Gasteiger charge is -2.11. The molecule has 1 N–H and O–H groups in total. The maximum absolute atomic E-state index is 12.5. The maximum atomic E-state index is 12.5. The molecule has 0 spiro atoms. The molecule has 1 heterocycles. The first-order valence-electron chi connectivity index (χ1n) is 9.47. The number of aromatic nitrogens is 3. The van der Waals surface area contributed by atoms with Crippen LogP contribution in [0, 0.1) is 6.92 Å². The molecule has 0 aliphatic carbocycles. The highest BCUT2D eigenvalue weighted by molar-refractivity contribution is 7.99. The van der Waals surface area contributed by atoms with Crippen molar-refractivity contribution >= 4 is 46.6 Å². The monoisotopic (exact) mass is 468 g/mol. The second-order valence-corrected chi connectivity index (χ2v) is 8.51. The summed E-state index contributed by atoms with van der Waals surface area (Å²) in [5.41, 5.74) is 3.49. The van der Waals surface area contributed by atoms with Crippen LogP contribution in [-0.4, -0.2) is 26.4 Å². The Kier molecular flexibility index (Phi) is 6.61. The van der Waals surface area contributed by atoms with Crippen molar-refractivity contribution < 1.29 is 4.79 Å². The molecule has 156 valence electrons. The Labute approximate surface area is 194 Å². The SMILES string of the molecule is Cc1cccc(-c2nnc(SCC(=O)Nc3cccc(Cl)c3Cl)n2-c2ccccc2)c1. The van der Waals surface area contributed by atoms with Gasteiger partial charge in [-0.3, -0.25) is 9.36 Å². The average molecular weight is 469 g/mol. The van der Waals surface area contributed by atoms with Gasteiger partial charge in [0.1, 0.15) is 0 Å². The van der Waals surface area contributed by atoms with Crippen LogP contribution >= 0.6 is 35.0 Å². The molecule has 1 amide bonds. The van der Waals surface area contributed by atoms with E-state index >= 15 is 0 Å². The van der Waals surface area contributed by atoms with Gasteiger partial charge in [0.25, 0.3) is 0 Å². The molecule has 31 heavy (non-hydrogen) atoms. The molecule has 0 aliphatic rings. The number of aryl methyl sites for hydroxylation is 1. The molecule has 0 radical (unpaired) electrons. The summed E-state index contributed by atoms with van der Waals surface area (Å²) >= 11 is 13.5. The lowest BCUT2D eigenvalue weighted by atomic mass is 10.1. The highest BCUT2D eigenvalue weighted by Crippen LogP contribution is 2.31. The Hall–Kier alpha value is -2.80. The second kappa shape index (κ2) is 9.56. The summed E-state index contributed by atoms with van der Waals surface area (Å²) in [7, 11) is 0. The van der Waals surface area contributed by atoms with Crippen molar-refractivity contribution in [1.29, 1.82) is 0 Å². The topological polar surface area (TPSA) is 59.8 Å². The van der Waals surface area contributed by atoms with Crippen molar-refractivity contribution in [2.45, 2.75) is 12.1 Å². The Morgan fingerprint density at radius 2 is 1.77 bits per heavy atom. The highest BCUT2D eigenvalue weighted by atomic mass is 35.5. The number of amides is 1. The number of thioether (sulfide) groups is 1. The van der Waals surface area contributed by atoms with Gasteiger partial charge in [-0.15, -0.1) is 10.2 Å². The smallest absolute Gasteiger partial charge is 0.234 e. The van der Waals surface area contributed by atoms with E-state index in [-0.39, 0.29) is 11.7 Å². The van der Waals surface area contributed by atoms with Gasteiger partial charge in [0.05, 0.1) is 21.5 Å². The van der Waals surface area contributed by atoms with E-state index in [1.54, 1.807) is 18.2 Å². The minimum absolute atomic E-state index is 0.141. The molecule has 4 aromatic rings. The van der Waals surface area contributed by atoms with Crippen molar-refractivity contribution in [3.05, 3.63) is 88.4 Å². The third-order valence-electron chi connectivity index (χ3n) is 4.48. The molecule has 0 saturated heterocycles. The first kappa shape index (κ1) is 21.4. The van der Waals surface area contributed by atoms with Crippen LogP contribution in [-0.2, 0) is 4.79 Å². The van der Waals surface area contributed by atoms with E-state index < -0.39 is 0 Å². The minimum Gasteiger partial charge on any atom is -0.324 e. The lowest BCUT2D eigenvalue weighted by molar-refractivity contribution is -0.113. The van der Waals surface area contributed by atoms with Crippen LogP contribution in [0.15, 0.2) is 78.0 Å². The number of nitrogens with zero attached hydrogens (tertiary/aromatic N) is 3. The third kappa shape index (κ3) is 4.93. The number of benzene rings is 3. The fraction of sp³-hybridized carbons (Fsp3) is 0.0870. The van der Waals surface area contributed by atoms with Gasteiger partial charge < -0.3 is 5.32 Å². The number of para-hydroxylation sites is 1. The Balaban J connectivity index is 1.60. The number of hydrogen-bond acceptors (Lipinski definition) is 4. The molecule has 0 bridgehead atoms. The van der Waals surface area contributed by atoms with Gasteiger partial charge in [-0.2, -0.15) is 0 Å². The molecule has 1 aromatic heterocycles. The molecule has 0 aliphatic heterocycles. The van der Waals surface area contributed by atoms with Crippen LogP contribution in [0.5, 0.6) is 0 Å². The molecule has 8 heteroatoms. The molecule has 3 aromatic carbocycles. The van der Waals surface area contributed by atoms with E-state index in [0.717, 1.165) is 22.6 Å². The van der Waals surface area contributed by atoms with Crippen molar-refractivity contribution in [3.63, 3.8) is 0 Å². The Morgan fingerprint density at radius 3 is 2.55 bits per heavy atom. The van der Waals surface area contributed by atoms with Gasteiger partial charge in [-0.05, 0) is 37.3 Å². The molecule has 0 atom stereocenters. The zero-order chi connectivity index (χ0) is 21.8. The number of halogens is 2. The summed E-state index contributed by atoms with van der Waals surface area (Å²) in [6, 6.07) is 23.0. The minimum atomic E-state index is -0.214. The van der Waals surface area contributed by atoms with Crippen molar-refractivity contribution in [2.24, 2.45) is 0 Å². The number of rotatable bonds is 6. The predicted molar refractivity (Wildman–Crippen MR) is 127 cm³/mol. The Bertz CT molecular complexity index is 1230. The van der Waals surface area contributed by atoms with Gasteiger partial charge in [-0.1, -0.05) is 83.0 Å². The van der Waals surface area contributed by atoms with E-state index in [1.165, 1.54) is 11.8 Å².